The Labute approximate surface area is 47.0 Å². The van der Waals surface area contributed by atoms with Crippen LogP contribution in [0.15, 0.2) is 5.28 Å². The smallest absolute Gasteiger partial charge is 0.185 e. The Kier molecular flexibility index (Phi) is 3.87. The summed E-state index contributed by atoms with van der Waals surface area (Å²) in [5, 5.41) is 21.5. The van der Waals surface area contributed by atoms with Crippen LogP contribution in [0.3, 0.4) is 0 Å². The second-order valence-electron chi connectivity index (χ2n) is 1.36. The molecule has 0 fully saturated rings. The average Bonchev–Trinajstić information content (AvgIpc) is 1.83. The fraction of sp³-hybridized carbons (Fsp3) is 1.00. The molecule has 8 heavy (non-hydrogen) atoms. The molecule has 0 bridgehead atoms. The number of hydrogen-bond donors (Lipinski definition) is 1. The standard InChI is InChI=1S/C3H9N3O2/c4-2-1-3-6(8)5-7/h7H,1-4H2. The SMILES string of the molecule is [NH3+]CCC[N+]([O-])=N[O-]. The van der Waals surface area contributed by atoms with E-state index in [1.54, 1.807) is 0 Å². The van der Waals surface area contributed by atoms with Crippen LogP contribution < -0.4 is 5.73 Å². The van der Waals surface area contributed by atoms with E-state index in [0.29, 0.717) is 13.0 Å². The van der Waals surface area contributed by atoms with E-state index in [1.165, 1.54) is 0 Å². The van der Waals surface area contributed by atoms with Crippen LogP contribution in [0.25, 0.3) is 0 Å². The van der Waals surface area contributed by atoms with Crippen molar-refractivity contribution in [2.75, 3.05) is 13.1 Å². The van der Waals surface area contributed by atoms with Crippen LogP contribution in [-0.4, -0.2) is 18.0 Å². The van der Waals surface area contributed by atoms with Gasteiger partial charge in [-0.05, 0) is 5.28 Å². The minimum absolute atomic E-state index is 0.116. The fourth-order valence-electron chi connectivity index (χ4n) is 0.288. The van der Waals surface area contributed by atoms with E-state index >= 15 is 0 Å². The number of rotatable bonds is 3. The predicted octanol–water partition coefficient (Wildman–Crippen LogP) is -0.921. The first-order chi connectivity index (χ1) is 3.81. The summed E-state index contributed by atoms with van der Waals surface area (Å²) in [7, 11) is 0. The maximum Gasteiger partial charge on any atom is 0.185 e. The van der Waals surface area contributed by atoms with Gasteiger partial charge in [0.05, 0.1) is 13.0 Å². The summed E-state index contributed by atoms with van der Waals surface area (Å²) in [6.07, 6.45) is 0.620. The summed E-state index contributed by atoms with van der Waals surface area (Å²) >= 11 is 0. The number of nitrogens with zero attached hydrogens (tertiary/aromatic N) is 2. The quantitative estimate of drug-likeness (QED) is 0.295. The van der Waals surface area contributed by atoms with Gasteiger partial charge < -0.3 is 16.1 Å². The first-order valence-corrected chi connectivity index (χ1v) is 2.38. The van der Waals surface area contributed by atoms with Crippen LogP contribution in [0.1, 0.15) is 6.42 Å². The molecule has 0 aliphatic carbocycles. The van der Waals surface area contributed by atoms with Crippen LogP contribution in [-0.2, 0) is 0 Å². The van der Waals surface area contributed by atoms with Gasteiger partial charge in [-0.1, -0.05) is 4.86 Å². The van der Waals surface area contributed by atoms with Crippen molar-refractivity contribution in [3.05, 3.63) is 10.4 Å². The van der Waals surface area contributed by atoms with Crippen LogP contribution >= 0.6 is 0 Å². The third kappa shape index (κ3) is 3.35. The summed E-state index contributed by atoms with van der Waals surface area (Å²) in [4.78, 5) is 0.116. The van der Waals surface area contributed by atoms with E-state index in [0.717, 1.165) is 0 Å². The third-order valence-electron chi connectivity index (χ3n) is 0.690. The van der Waals surface area contributed by atoms with E-state index in [2.05, 4.69) is 11.0 Å². The molecule has 0 aromatic carbocycles. The van der Waals surface area contributed by atoms with Gasteiger partial charge in [0, 0.05) is 0 Å². The summed E-state index contributed by atoms with van der Waals surface area (Å²) in [6.45, 7) is 0.821. The second kappa shape index (κ2) is 4.32. The Morgan fingerprint density at radius 1 is 1.62 bits per heavy atom. The average molecular weight is 119 g/mol. The van der Waals surface area contributed by atoms with Crippen molar-refractivity contribution >= 4 is 0 Å². The van der Waals surface area contributed by atoms with Crippen molar-refractivity contribution in [2.45, 2.75) is 6.42 Å². The van der Waals surface area contributed by atoms with E-state index in [9.17, 15) is 10.4 Å². The van der Waals surface area contributed by atoms with Crippen molar-refractivity contribution in [1.29, 1.82) is 0 Å². The van der Waals surface area contributed by atoms with Crippen molar-refractivity contribution in [1.82, 2.24) is 0 Å². The van der Waals surface area contributed by atoms with Gasteiger partial charge in [0.2, 0.25) is 0 Å². The first kappa shape index (κ1) is 7.16. The first-order valence-electron chi connectivity index (χ1n) is 2.38. The molecule has 5 heteroatoms. The van der Waals surface area contributed by atoms with Crippen LogP contribution in [0, 0.1) is 10.4 Å². The molecule has 3 N–H and O–H groups in total. The Hall–Kier alpha value is -0.840. The lowest BCUT2D eigenvalue weighted by Crippen LogP contribution is -2.50. The highest BCUT2D eigenvalue weighted by Crippen LogP contribution is 1.76. The minimum Gasteiger partial charge on any atom is -0.739 e. The van der Waals surface area contributed by atoms with Gasteiger partial charge in [0.1, 0.15) is 0 Å². The zero-order chi connectivity index (χ0) is 6.41. The highest BCUT2D eigenvalue weighted by molar-refractivity contribution is 4.26. The molecule has 0 atom stereocenters. The topological polar surface area (TPSA) is 89.1 Å². The van der Waals surface area contributed by atoms with Gasteiger partial charge in [0.25, 0.3) is 0 Å². The molecule has 0 rings (SSSR count). The summed E-state index contributed by atoms with van der Waals surface area (Å²) in [5.41, 5.74) is 3.48. The highest BCUT2D eigenvalue weighted by atomic mass is 16.6. The Bertz CT molecular complexity index is 82.6. The van der Waals surface area contributed by atoms with Gasteiger partial charge in [-0.3, -0.25) is 0 Å². The van der Waals surface area contributed by atoms with Crippen molar-refractivity contribution < 1.29 is 10.6 Å². The largest absolute Gasteiger partial charge is 0.739 e. The summed E-state index contributed by atoms with van der Waals surface area (Å²) in [6, 6.07) is 0. The molecule has 0 saturated heterocycles. The van der Waals surface area contributed by atoms with Gasteiger partial charge in [-0.15, -0.1) is 0 Å². The Balaban J connectivity index is 3.12. The summed E-state index contributed by atoms with van der Waals surface area (Å²) in [5.74, 6) is 0. The Morgan fingerprint density at radius 3 is 2.62 bits per heavy atom. The van der Waals surface area contributed by atoms with Crippen molar-refractivity contribution in [3.63, 3.8) is 0 Å². The van der Waals surface area contributed by atoms with Crippen molar-refractivity contribution in [2.24, 2.45) is 5.28 Å². The molecule has 0 spiro atoms. The van der Waals surface area contributed by atoms with Crippen molar-refractivity contribution in [3.8, 4) is 0 Å². The molecule has 0 aliphatic rings. The maximum atomic E-state index is 9.98. The molecular formula is C3H9N3O2. The Morgan fingerprint density at radius 2 is 2.25 bits per heavy atom. The molecule has 0 radical (unpaired) electrons. The number of hydrogen-bond acceptors (Lipinski definition) is 3. The van der Waals surface area contributed by atoms with Gasteiger partial charge in [-0.2, -0.15) is 0 Å². The van der Waals surface area contributed by atoms with E-state index < -0.39 is 0 Å². The summed E-state index contributed by atoms with van der Waals surface area (Å²) < 4.78 is 0. The fourth-order valence-corrected chi connectivity index (χ4v) is 0.288. The normalized spacial score (nSPS) is 11.9. The molecule has 48 valence electrons. The zero-order valence-electron chi connectivity index (χ0n) is 4.54. The van der Waals surface area contributed by atoms with Crippen LogP contribution in [0.2, 0.25) is 0 Å². The van der Waals surface area contributed by atoms with Crippen LogP contribution in [0.5, 0.6) is 0 Å². The van der Waals surface area contributed by atoms with E-state index in [-0.39, 0.29) is 11.4 Å². The molecule has 0 amide bonds. The molecule has 0 unspecified atom stereocenters. The van der Waals surface area contributed by atoms with Gasteiger partial charge in [0.15, 0.2) is 6.54 Å². The number of hydroxylamine groups is 1. The lowest BCUT2D eigenvalue weighted by atomic mass is 10.4. The third-order valence-corrected chi connectivity index (χ3v) is 0.690. The maximum absolute atomic E-state index is 9.98. The lowest BCUT2D eigenvalue weighted by molar-refractivity contribution is -0.531. The molecule has 0 heterocycles. The monoisotopic (exact) mass is 119 g/mol. The van der Waals surface area contributed by atoms with Crippen LogP contribution in [0.4, 0.5) is 0 Å². The molecule has 0 aromatic heterocycles. The second-order valence-corrected chi connectivity index (χ2v) is 1.36. The molecule has 0 aromatic rings. The molecule has 0 saturated carbocycles. The minimum atomic E-state index is 0.116. The molecule has 5 nitrogen and oxygen atoms in total. The molecular weight excluding hydrogens is 110 g/mol. The zero-order valence-corrected chi connectivity index (χ0v) is 4.54. The van der Waals surface area contributed by atoms with Gasteiger partial charge >= 0.3 is 0 Å². The molecule has 0 aliphatic heterocycles. The van der Waals surface area contributed by atoms with E-state index in [4.69, 9.17) is 0 Å². The number of quaternary nitrogens is 1. The lowest BCUT2D eigenvalue weighted by Gasteiger charge is -1.98. The highest BCUT2D eigenvalue weighted by Gasteiger charge is 1.89. The van der Waals surface area contributed by atoms with Gasteiger partial charge in [-0.25, -0.2) is 0 Å². The predicted molar refractivity (Wildman–Crippen MR) is 26.7 cm³/mol. The van der Waals surface area contributed by atoms with E-state index in [1.807, 2.05) is 0 Å².